The second-order valence-electron chi connectivity index (χ2n) is 8.08. The SMILES string of the molecule is CC(CNc1nc(-c2ccc3ncccc3c2)c(-c2ccccc2)nc1N)c1ncccc1F. The molecule has 0 amide bonds. The molecule has 0 aliphatic carbocycles. The Bertz CT molecular complexity index is 1450. The first kappa shape index (κ1) is 21.5. The van der Waals surface area contributed by atoms with Gasteiger partial charge in [-0.2, -0.15) is 0 Å². The minimum atomic E-state index is -0.333. The number of hydrogen-bond donors (Lipinski definition) is 2. The number of anilines is 2. The molecule has 5 rings (SSSR count). The Balaban J connectivity index is 1.55. The minimum Gasteiger partial charge on any atom is -0.381 e. The zero-order valence-electron chi connectivity index (χ0n) is 18.6. The van der Waals surface area contributed by atoms with Crippen molar-refractivity contribution in [2.75, 3.05) is 17.6 Å². The number of nitrogens with two attached hydrogens (primary N) is 1. The van der Waals surface area contributed by atoms with E-state index in [1.807, 2.05) is 67.6 Å². The Morgan fingerprint density at radius 3 is 2.44 bits per heavy atom. The smallest absolute Gasteiger partial charge is 0.169 e. The largest absolute Gasteiger partial charge is 0.381 e. The molecule has 3 N–H and O–H groups in total. The van der Waals surface area contributed by atoms with Crippen LogP contribution < -0.4 is 11.1 Å². The molecular weight excluding hydrogens is 427 g/mol. The number of nitrogens with zero attached hydrogens (tertiary/aromatic N) is 4. The van der Waals surface area contributed by atoms with Crippen LogP contribution in [0.4, 0.5) is 16.0 Å². The Hall–Kier alpha value is -4.39. The fraction of sp³-hybridized carbons (Fsp3) is 0.111. The highest BCUT2D eigenvalue weighted by Gasteiger charge is 2.18. The van der Waals surface area contributed by atoms with Crippen molar-refractivity contribution in [1.29, 1.82) is 0 Å². The van der Waals surface area contributed by atoms with E-state index in [1.165, 1.54) is 6.07 Å². The molecule has 0 aliphatic heterocycles. The average molecular weight is 451 g/mol. The van der Waals surface area contributed by atoms with Crippen molar-refractivity contribution in [2.45, 2.75) is 12.8 Å². The summed E-state index contributed by atoms with van der Waals surface area (Å²) in [7, 11) is 0. The second-order valence-corrected chi connectivity index (χ2v) is 8.08. The van der Waals surface area contributed by atoms with Crippen LogP contribution in [0.3, 0.4) is 0 Å². The molecule has 168 valence electrons. The van der Waals surface area contributed by atoms with Gasteiger partial charge in [0.05, 0.1) is 22.6 Å². The zero-order chi connectivity index (χ0) is 23.5. The summed E-state index contributed by atoms with van der Waals surface area (Å²) in [6.45, 7) is 2.30. The van der Waals surface area contributed by atoms with Gasteiger partial charge in [0.1, 0.15) is 5.82 Å². The van der Waals surface area contributed by atoms with Gasteiger partial charge in [0.15, 0.2) is 11.6 Å². The van der Waals surface area contributed by atoms with Gasteiger partial charge < -0.3 is 11.1 Å². The van der Waals surface area contributed by atoms with E-state index in [0.29, 0.717) is 29.4 Å². The van der Waals surface area contributed by atoms with E-state index in [4.69, 9.17) is 15.7 Å². The Morgan fingerprint density at radius 1 is 0.853 bits per heavy atom. The summed E-state index contributed by atoms with van der Waals surface area (Å²) >= 11 is 0. The van der Waals surface area contributed by atoms with Gasteiger partial charge in [-0.15, -0.1) is 0 Å². The van der Waals surface area contributed by atoms with Crippen LogP contribution in [0, 0.1) is 5.82 Å². The maximum absolute atomic E-state index is 14.2. The molecular formula is C27H23FN6. The lowest BCUT2D eigenvalue weighted by molar-refractivity contribution is 0.579. The minimum absolute atomic E-state index is 0.189. The van der Waals surface area contributed by atoms with Crippen LogP contribution in [0.15, 0.2) is 85.2 Å². The number of nitrogen functional groups attached to an aromatic ring is 1. The Labute approximate surface area is 196 Å². The molecule has 0 radical (unpaired) electrons. The molecule has 1 atom stereocenters. The van der Waals surface area contributed by atoms with Crippen molar-refractivity contribution in [1.82, 2.24) is 19.9 Å². The molecule has 0 saturated heterocycles. The number of benzene rings is 2. The Kier molecular flexibility index (Phi) is 5.82. The number of rotatable bonds is 6. The summed E-state index contributed by atoms with van der Waals surface area (Å²) in [6, 6.07) is 22.7. The van der Waals surface area contributed by atoms with Crippen molar-refractivity contribution in [3.8, 4) is 22.5 Å². The number of hydrogen-bond acceptors (Lipinski definition) is 6. The lowest BCUT2D eigenvalue weighted by Gasteiger charge is -2.17. The summed E-state index contributed by atoms with van der Waals surface area (Å²) < 4.78 is 14.2. The summed E-state index contributed by atoms with van der Waals surface area (Å²) in [5, 5.41) is 4.25. The van der Waals surface area contributed by atoms with Crippen LogP contribution in [-0.2, 0) is 0 Å². The third kappa shape index (κ3) is 4.28. The third-order valence-electron chi connectivity index (χ3n) is 5.68. The van der Waals surface area contributed by atoms with Crippen molar-refractivity contribution in [2.24, 2.45) is 0 Å². The van der Waals surface area contributed by atoms with Crippen LogP contribution in [0.5, 0.6) is 0 Å². The van der Waals surface area contributed by atoms with Crippen molar-refractivity contribution < 1.29 is 4.39 Å². The average Bonchev–Trinajstić information content (AvgIpc) is 2.88. The van der Waals surface area contributed by atoms with Crippen LogP contribution in [0.2, 0.25) is 0 Å². The van der Waals surface area contributed by atoms with E-state index >= 15 is 0 Å². The highest BCUT2D eigenvalue weighted by atomic mass is 19.1. The molecule has 0 aliphatic rings. The number of fused-ring (bicyclic) bond motifs is 1. The van der Waals surface area contributed by atoms with Crippen LogP contribution in [-0.4, -0.2) is 26.5 Å². The molecule has 0 bridgehead atoms. The Morgan fingerprint density at radius 2 is 1.62 bits per heavy atom. The van der Waals surface area contributed by atoms with E-state index in [2.05, 4.69) is 15.3 Å². The predicted molar refractivity (Wildman–Crippen MR) is 134 cm³/mol. The molecule has 2 aromatic carbocycles. The summed E-state index contributed by atoms with van der Waals surface area (Å²) in [4.78, 5) is 18.2. The fourth-order valence-electron chi connectivity index (χ4n) is 3.91. The van der Waals surface area contributed by atoms with E-state index in [9.17, 15) is 4.39 Å². The molecule has 0 saturated carbocycles. The van der Waals surface area contributed by atoms with Crippen molar-refractivity contribution in [3.63, 3.8) is 0 Å². The van der Waals surface area contributed by atoms with E-state index in [1.54, 1.807) is 18.5 Å². The van der Waals surface area contributed by atoms with Gasteiger partial charge >= 0.3 is 0 Å². The first-order valence-corrected chi connectivity index (χ1v) is 11.0. The topological polar surface area (TPSA) is 89.6 Å². The fourth-order valence-corrected chi connectivity index (χ4v) is 3.91. The molecule has 0 spiro atoms. The molecule has 1 unspecified atom stereocenters. The summed E-state index contributed by atoms with van der Waals surface area (Å²) in [5.74, 6) is 0.204. The third-order valence-corrected chi connectivity index (χ3v) is 5.68. The number of aromatic nitrogens is 4. The molecule has 6 nitrogen and oxygen atoms in total. The predicted octanol–water partition coefficient (Wildman–Crippen LogP) is 5.69. The molecule has 7 heteroatoms. The lowest BCUT2D eigenvalue weighted by atomic mass is 10.0. The van der Waals surface area contributed by atoms with E-state index in [-0.39, 0.29) is 17.6 Å². The molecule has 34 heavy (non-hydrogen) atoms. The monoisotopic (exact) mass is 450 g/mol. The molecule has 3 aromatic heterocycles. The van der Waals surface area contributed by atoms with Crippen molar-refractivity contribution >= 4 is 22.5 Å². The summed E-state index contributed by atoms with van der Waals surface area (Å²) in [5.41, 5.74) is 10.8. The zero-order valence-corrected chi connectivity index (χ0v) is 18.6. The lowest BCUT2D eigenvalue weighted by Crippen LogP contribution is -2.15. The number of halogens is 1. The normalized spacial score (nSPS) is 11.9. The first-order chi connectivity index (χ1) is 16.6. The van der Waals surface area contributed by atoms with Crippen LogP contribution in [0.1, 0.15) is 18.5 Å². The highest BCUT2D eigenvalue weighted by Crippen LogP contribution is 2.33. The van der Waals surface area contributed by atoms with Gasteiger partial charge in [0, 0.05) is 41.4 Å². The van der Waals surface area contributed by atoms with Gasteiger partial charge in [-0.05, 0) is 30.3 Å². The van der Waals surface area contributed by atoms with Crippen molar-refractivity contribution in [3.05, 3.63) is 96.7 Å². The highest BCUT2D eigenvalue weighted by molar-refractivity contribution is 5.88. The van der Waals surface area contributed by atoms with Gasteiger partial charge in [-0.1, -0.05) is 49.4 Å². The molecule has 0 fully saturated rings. The standard InChI is InChI=1S/C27H23FN6/c1-17(23-21(28)10-6-14-31-23)16-32-27-26(29)33-24(18-7-3-2-4-8-18)25(34-27)20-11-12-22-19(15-20)9-5-13-30-22/h2-15,17H,16H2,1H3,(H2,29,33)(H,32,34). The number of pyridine rings is 2. The van der Waals surface area contributed by atoms with Gasteiger partial charge in [-0.25, -0.2) is 14.4 Å². The van der Waals surface area contributed by atoms with Gasteiger partial charge in [0.2, 0.25) is 0 Å². The van der Waals surface area contributed by atoms with Crippen LogP contribution >= 0.6 is 0 Å². The van der Waals surface area contributed by atoms with E-state index in [0.717, 1.165) is 22.0 Å². The van der Waals surface area contributed by atoms with Gasteiger partial charge in [0.25, 0.3) is 0 Å². The second kappa shape index (κ2) is 9.23. The summed E-state index contributed by atoms with van der Waals surface area (Å²) in [6.07, 6.45) is 3.36. The van der Waals surface area contributed by atoms with Gasteiger partial charge in [-0.3, -0.25) is 9.97 Å². The quantitative estimate of drug-likeness (QED) is 0.345. The maximum Gasteiger partial charge on any atom is 0.169 e. The molecule has 5 aromatic rings. The maximum atomic E-state index is 14.2. The van der Waals surface area contributed by atoms with E-state index < -0.39 is 0 Å². The van der Waals surface area contributed by atoms with Crippen LogP contribution in [0.25, 0.3) is 33.4 Å². The first-order valence-electron chi connectivity index (χ1n) is 11.0. The number of nitrogens with one attached hydrogen (secondary N) is 1. The molecule has 3 heterocycles.